The maximum Gasteiger partial charge on any atom is 0.0105 e. The van der Waals surface area contributed by atoms with Gasteiger partial charge in [-0.1, -0.05) is 47.5 Å². The highest BCUT2D eigenvalue weighted by Crippen LogP contribution is 2.38. The zero-order valence-corrected chi connectivity index (χ0v) is 14.8. The van der Waals surface area contributed by atoms with Crippen LogP contribution in [0.3, 0.4) is 0 Å². The number of likely N-dealkylation sites (tertiary alicyclic amines) is 1. The zero-order chi connectivity index (χ0) is 15.2. The molecule has 1 rings (SSSR count). The third-order valence-electron chi connectivity index (χ3n) is 5.78. The normalized spacial score (nSPS) is 22.9. The molecule has 1 fully saturated rings. The van der Waals surface area contributed by atoms with Crippen LogP contribution in [-0.4, -0.2) is 37.1 Å². The Bertz CT molecular complexity index is 248. The van der Waals surface area contributed by atoms with Gasteiger partial charge in [0.1, 0.15) is 0 Å². The molecule has 2 unspecified atom stereocenters. The van der Waals surface area contributed by atoms with Gasteiger partial charge in [0.05, 0.1) is 0 Å². The molecule has 0 bridgehead atoms. The molecular formula is C18H38N2. The molecule has 0 radical (unpaired) electrons. The average Bonchev–Trinajstić information content (AvgIpc) is 2.46. The molecule has 0 aromatic rings. The fourth-order valence-corrected chi connectivity index (χ4v) is 3.49. The van der Waals surface area contributed by atoms with Gasteiger partial charge in [-0.25, -0.2) is 0 Å². The van der Waals surface area contributed by atoms with Crippen molar-refractivity contribution in [2.45, 2.75) is 73.3 Å². The Balaban J connectivity index is 2.36. The van der Waals surface area contributed by atoms with Crippen molar-refractivity contribution in [2.24, 2.45) is 17.3 Å². The van der Waals surface area contributed by atoms with Crippen molar-refractivity contribution >= 4 is 0 Å². The summed E-state index contributed by atoms with van der Waals surface area (Å²) in [6, 6.07) is 0.710. The largest absolute Gasteiger partial charge is 0.316 e. The second kappa shape index (κ2) is 8.38. The van der Waals surface area contributed by atoms with Gasteiger partial charge in [0, 0.05) is 6.04 Å². The number of rotatable bonds is 8. The van der Waals surface area contributed by atoms with Crippen LogP contribution in [-0.2, 0) is 0 Å². The monoisotopic (exact) mass is 282 g/mol. The topological polar surface area (TPSA) is 15.3 Å². The van der Waals surface area contributed by atoms with Gasteiger partial charge in [-0.2, -0.15) is 0 Å². The molecule has 120 valence electrons. The minimum atomic E-state index is 0.648. The van der Waals surface area contributed by atoms with Gasteiger partial charge in [-0.05, 0) is 63.2 Å². The lowest BCUT2D eigenvalue weighted by molar-refractivity contribution is 0.0542. The average molecular weight is 283 g/mol. The first-order valence-corrected chi connectivity index (χ1v) is 8.89. The van der Waals surface area contributed by atoms with Crippen molar-refractivity contribution in [1.29, 1.82) is 0 Å². The summed E-state index contributed by atoms with van der Waals surface area (Å²) in [6.07, 6.45) is 5.52. The molecular weight excluding hydrogens is 244 g/mol. The highest BCUT2D eigenvalue weighted by molar-refractivity contribution is 4.87. The van der Waals surface area contributed by atoms with Crippen LogP contribution in [0.2, 0.25) is 0 Å². The Hall–Kier alpha value is -0.0800. The lowest BCUT2D eigenvalue weighted by Gasteiger charge is -2.44. The van der Waals surface area contributed by atoms with E-state index in [1.54, 1.807) is 0 Å². The summed E-state index contributed by atoms with van der Waals surface area (Å²) in [7, 11) is 0. The minimum absolute atomic E-state index is 0.648. The summed E-state index contributed by atoms with van der Waals surface area (Å²) in [6.45, 7) is 19.0. The summed E-state index contributed by atoms with van der Waals surface area (Å²) in [5.74, 6) is 1.49. The molecule has 0 aliphatic carbocycles. The first-order chi connectivity index (χ1) is 9.44. The molecule has 0 aromatic heterocycles. The molecule has 2 nitrogen and oxygen atoms in total. The van der Waals surface area contributed by atoms with E-state index in [1.165, 1.54) is 38.8 Å². The molecule has 0 amide bonds. The predicted octanol–water partition coefficient (Wildman–Crippen LogP) is 4.16. The van der Waals surface area contributed by atoms with Crippen LogP contribution < -0.4 is 5.32 Å². The Morgan fingerprint density at radius 3 is 1.95 bits per heavy atom. The second-order valence-corrected chi connectivity index (χ2v) is 7.51. The summed E-state index contributed by atoms with van der Waals surface area (Å²) in [5, 5.41) is 3.62. The van der Waals surface area contributed by atoms with E-state index >= 15 is 0 Å². The Morgan fingerprint density at radius 2 is 1.50 bits per heavy atom. The fourth-order valence-electron chi connectivity index (χ4n) is 3.49. The van der Waals surface area contributed by atoms with Crippen molar-refractivity contribution in [2.75, 3.05) is 26.2 Å². The molecule has 2 heteroatoms. The van der Waals surface area contributed by atoms with E-state index < -0.39 is 0 Å². The minimum Gasteiger partial charge on any atom is -0.316 e. The van der Waals surface area contributed by atoms with Gasteiger partial charge in [-0.3, -0.25) is 0 Å². The van der Waals surface area contributed by atoms with E-state index in [-0.39, 0.29) is 0 Å². The van der Waals surface area contributed by atoms with Crippen LogP contribution in [0.1, 0.15) is 67.2 Å². The molecule has 1 aliphatic rings. The van der Waals surface area contributed by atoms with Crippen LogP contribution in [0.25, 0.3) is 0 Å². The van der Waals surface area contributed by atoms with E-state index in [2.05, 4.69) is 51.8 Å². The zero-order valence-electron chi connectivity index (χ0n) is 14.8. The maximum atomic E-state index is 3.62. The third-order valence-corrected chi connectivity index (χ3v) is 5.78. The van der Waals surface area contributed by atoms with Crippen LogP contribution in [0.5, 0.6) is 0 Å². The highest BCUT2D eigenvalue weighted by atomic mass is 15.2. The maximum absolute atomic E-state index is 3.62. The van der Waals surface area contributed by atoms with E-state index in [9.17, 15) is 0 Å². The molecule has 2 atom stereocenters. The number of nitrogens with zero attached hydrogens (tertiary/aromatic N) is 1. The summed E-state index contributed by atoms with van der Waals surface area (Å²) in [5.41, 5.74) is 0.648. The quantitative estimate of drug-likeness (QED) is 0.719. The highest BCUT2D eigenvalue weighted by Gasteiger charge is 2.33. The summed E-state index contributed by atoms with van der Waals surface area (Å²) in [4.78, 5) is 2.73. The molecule has 0 aromatic carbocycles. The standard InChI is InChI=1S/C18H38N2/c1-7-18(8-2)9-11-20(12-10-18)17(6)16(5)14-19-13-15(3)4/h15-17,19H,7-14H2,1-6H3. The van der Waals surface area contributed by atoms with Gasteiger partial charge < -0.3 is 10.2 Å². The molecule has 1 N–H and O–H groups in total. The van der Waals surface area contributed by atoms with Crippen LogP contribution in [0, 0.1) is 17.3 Å². The van der Waals surface area contributed by atoms with Gasteiger partial charge in [0.15, 0.2) is 0 Å². The lowest BCUT2D eigenvalue weighted by Crippen LogP contribution is -2.47. The van der Waals surface area contributed by atoms with Gasteiger partial charge >= 0.3 is 0 Å². The fraction of sp³-hybridized carbons (Fsp3) is 1.00. The predicted molar refractivity (Wildman–Crippen MR) is 90.2 cm³/mol. The third kappa shape index (κ3) is 5.04. The van der Waals surface area contributed by atoms with Crippen LogP contribution >= 0.6 is 0 Å². The summed E-state index contributed by atoms with van der Waals surface area (Å²) < 4.78 is 0. The Labute approximate surface area is 127 Å². The van der Waals surface area contributed by atoms with Crippen LogP contribution in [0.4, 0.5) is 0 Å². The van der Waals surface area contributed by atoms with Crippen molar-refractivity contribution in [3.05, 3.63) is 0 Å². The van der Waals surface area contributed by atoms with E-state index in [1.807, 2.05) is 0 Å². The smallest absolute Gasteiger partial charge is 0.0105 e. The van der Waals surface area contributed by atoms with Crippen molar-refractivity contribution in [1.82, 2.24) is 10.2 Å². The Morgan fingerprint density at radius 1 is 0.950 bits per heavy atom. The molecule has 1 heterocycles. The van der Waals surface area contributed by atoms with Crippen LogP contribution in [0.15, 0.2) is 0 Å². The first kappa shape index (κ1) is 18.0. The number of hydrogen-bond acceptors (Lipinski definition) is 2. The van der Waals surface area contributed by atoms with E-state index in [4.69, 9.17) is 0 Å². The van der Waals surface area contributed by atoms with Crippen molar-refractivity contribution in [3.8, 4) is 0 Å². The SMILES string of the molecule is CCC1(CC)CCN(C(C)C(C)CNCC(C)C)CC1. The van der Waals surface area contributed by atoms with Crippen molar-refractivity contribution in [3.63, 3.8) is 0 Å². The number of nitrogens with one attached hydrogen (secondary N) is 1. The number of hydrogen-bond donors (Lipinski definition) is 1. The van der Waals surface area contributed by atoms with Gasteiger partial charge in [0.2, 0.25) is 0 Å². The van der Waals surface area contributed by atoms with Gasteiger partial charge in [0.25, 0.3) is 0 Å². The Kier molecular flexibility index (Phi) is 7.53. The molecule has 1 saturated heterocycles. The van der Waals surface area contributed by atoms with Gasteiger partial charge in [-0.15, -0.1) is 0 Å². The first-order valence-electron chi connectivity index (χ1n) is 8.89. The second-order valence-electron chi connectivity index (χ2n) is 7.51. The molecule has 0 spiro atoms. The van der Waals surface area contributed by atoms with E-state index in [0.717, 1.165) is 24.9 Å². The molecule has 20 heavy (non-hydrogen) atoms. The molecule has 1 aliphatic heterocycles. The summed E-state index contributed by atoms with van der Waals surface area (Å²) >= 11 is 0. The molecule has 0 saturated carbocycles. The lowest BCUT2D eigenvalue weighted by atomic mass is 9.74. The number of piperidine rings is 1. The van der Waals surface area contributed by atoms with Crippen molar-refractivity contribution < 1.29 is 0 Å². The van der Waals surface area contributed by atoms with E-state index in [0.29, 0.717) is 11.5 Å².